The Kier molecular flexibility index (Phi) is 6.99. The molecule has 7 nitrogen and oxygen atoms in total. The largest absolute Gasteiger partial charge is 0.493 e. The number of fused-ring (bicyclic) bond motifs is 1. The van der Waals surface area contributed by atoms with E-state index in [2.05, 4.69) is 27.5 Å². The van der Waals surface area contributed by atoms with Crippen molar-refractivity contribution in [1.82, 2.24) is 9.97 Å². The Morgan fingerprint density at radius 3 is 2.42 bits per heavy atom. The summed E-state index contributed by atoms with van der Waals surface area (Å²) >= 11 is 0. The minimum absolute atomic E-state index is 0.151. The van der Waals surface area contributed by atoms with Gasteiger partial charge in [0.15, 0.2) is 11.5 Å². The molecule has 0 aliphatic rings. The SMILES string of the molecule is CCCCOc1cc2ncnc(Nc3ccc(NC(=O)c4ccccc4)cc3)c2cc1OC. The molecule has 1 amide bonds. The first-order chi connectivity index (χ1) is 16.2. The van der Waals surface area contributed by atoms with Gasteiger partial charge in [0.2, 0.25) is 0 Å². The standard InChI is InChI=1S/C26H26N4O3/c1-3-4-14-33-24-16-22-21(15-23(24)32-2)25(28-17-27-22)29-19-10-12-20(13-11-19)30-26(31)18-8-6-5-7-9-18/h5-13,15-17H,3-4,14H2,1-2H3,(H,30,31)(H,27,28,29). The number of carbonyl (C=O) groups excluding carboxylic acids is 1. The Balaban J connectivity index is 1.51. The van der Waals surface area contributed by atoms with Crippen LogP contribution in [-0.4, -0.2) is 29.6 Å². The van der Waals surface area contributed by atoms with E-state index in [1.807, 2.05) is 54.6 Å². The average molecular weight is 443 g/mol. The molecule has 0 fully saturated rings. The molecule has 1 aromatic heterocycles. The molecule has 0 atom stereocenters. The van der Waals surface area contributed by atoms with E-state index in [1.54, 1.807) is 19.2 Å². The van der Waals surface area contributed by atoms with Crippen molar-refractivity contribution in [3.05, 3.63) is 78.6 Å². The van der Waals surface area contributed by atoms with Crippen LogP contribution in [0.3, 0.4) is 0 Å². The molecule has 0 radical (unpaired) electrons. The van der Waals surface area contributed by atoms with Gasteiger partial charge in [0.25, 0.3) is 5.91 Å². The summed E-state index contributed by atoms with van der Waals surface area (Å²) in [5.41, 5.74) is 2.90. The molecule has 0 aliphatic carbocycles. The van der Waals surface area contributed by atoms with Crippen molar-refractivity contribution in [2.24, 2.45) is 0 Å². The van der Waals surface area contributed by atoms with E-state index in [4.69, 9.17) is 9.47 Å². The fourth-order valence-electron chi connectivity index (χ4n) is 3.33. The number of carbonyl (C=O) groups is 1. The summed E-state index contributed by atoms with van der Waals surface area (Å²) in [4.78, 5) is 21.1. The minimum Gasteiger partial charge on any atom is -0.493 e. The van der Waals surface area contributed by atoms with Gasteiger partial charge in [-0.05, 0) is 48.9 Å². The summed E-state index contributed by atoms with van der Waals surface area (Å²) < 4.78 is 11.4. The van der Waals surface area contributed by atoms with Crippen LogP contribution in [0.5, 0.6) is 11.5 Å². The molecule has 0 saturated carbocycles. The van der Waals surface area contributed by atoms with Crippen molar-refractivity contribution >= 4 is 34.0 Å². The molecule has 7 heteroatoms. The normalized spacial score (nSPS) is 10.6. The molecule has 2 N–H and O–H groups in total. The Morgan fingerprint density at radius 2 is 1.70 bits per heavy atom. The maximum Gasteiger partial charge on any atom is 0.255 e. The van der Waals surface area contributed by atoms with Crippen molar-refractivity contribution < 1.29 is 14.3 Å². The summed E-state index contributed by atoms with van der Waals surface area (Å²) in [7, 11) is 1.62. The number of hydrogen-bond donors (Lipinski definition) is 2. The molecular formula is C26H26N4O3. The average Bonchev–Trinajstić information content (AvgIpc) is 2.85. The summed E-state index contributed by atoms with van der Waals surface area (Å²) in [6.45, 7) is 2.75. The van der Waals surface area contributed by atoms with Gasteiger partial charge in [-0.15, -0.1) is 0 Å². The number of amides is 1. The van der Waals surface area contributed by atoms with Gasteiger partial charge >= 0.3 is 0 Å². The van der Waals surface area contributed by atoms with Crippen molar-refractivity contribution in [3.63, 3.8) is 0 Å². The molecule has 0 bridgehead atoms. The molecule has 4 aromatic rings. The fraction of sp³-hybridized carbons (Fsp3) is 0.192. The number of unbranched alkanes of at least 4 members (excludes halogenated alkanes) is 1. The van der Waals surface area contributed by atoms with Gasteiger partial charge in [0.05, 0.1) is 19.2 Å². The maximum atomic E-state index is 12.3. The molecule has 0 saturated heterocycles. The Hall–Kier alpha value is -4.13. The first-order valence-electron chi connectivity index (χ1n) is 10.9. The lowest BCUT2D eigenvalue weighted by Gasteiger charge is -2.14. The molecule has 3 aromatic carbocycles. The summed E-state index contributed by atoms with van der Waals surface area (Å²) in [6.07, 6.45) is 3.54. The summed E-state index contributed by atoms with van der Waals surface area (Å²) in [5.74, 6) is 1.80. The maximum absolute atomic E-state index is 12.3. The monoisotopic (exact) mass is 442 g/mol. The number of methoxy groups -OCH3 is 1. The zero-order valence-corrected chi connectivity index (χ0v) is 18.7. The van der Waals surface area contributed by atoms with Crippen LogP contribution >= 0.6 is 0 Å². The molecule has 33 heavy (non-hydrogen) atoms. The van der Waals surface area contributed by atoms with E-state index in [0.717, 1.165) is 29.4 Å². The lowest BCUT2D eigenvalue weighted by atomic mass is 10.2. The molecular weight excluding hydrogens is 416 g/mol. The van der Waals surface area contributed by atoms with E-state index >= 15 is 0 Å². The van der Waals surface area contributed by atoms with Crippen LogP contribution in [0.25, 0.3) is 10.9 Å². The molecule has 0 spiro atoms. The van der Waals surface area contributed by atoms with Crippen LogP contribution in [0.2, 0.25) is 0 Å². The molecule has 168 valence electrons. The van der Waals surface area contributed by atoms with E-state index in [-0.39, 0.29) is 5.91 Å². The number of nitrogens with one attached hydrogen (secondary N) is 2. The Bertz CT molecular complexity index is 1230. The molecule has 0 aliphatic heterocycles. The topological polar surface area (TPSA) is 85.4 Å². The number of benzene rings is 3. The first kappa shape index (κ1) is 22.1. The van der Waals surface area contributed by atoms with Gasteiger partial charge in [0.1, 0.15) is 12.1 Å². The van der Waals surface area contributed by atoms with E-state index < -0.39 is 0 Å². The third-order valence-corrected chi connectivity index (χ3v) is 5.12. The number of aromatic nitrogens is 2. The summed E-state index contributed by atoms with van der Waals surface area (Å²) in [6, 6.07) is 20.3. The highest BCUT2D eigenvalue weighted by molar-refractivity contribution is 6.04. The van der Waals surface area contributed by atoms with Crippen molar-refractivity contribution in [3.8, 4) is 11.5 Å². The lowest BCUT2D eigenvalue weighted by molar-refractivity contribution is 0.102. The van der Waals surface area contributed by atoms with Crippen LogP contribution in [0.1, 0.15) is 30.1 Å². The minimum atomic E-state index is -0.151. The van der Waals surface area contributed by atoms with Gasteiger partial charge in [0, 0.05) is 28.4 Å². The van der Waals surface area contributed by atoms with E-state index in [0.29, 0.717) is 35.2 Å². The molecule has 0 unspecified atom stereocenters. The second-order valence-corrected chi connectivity index (χ2v) is 7.47. The van der Waals surface area contributed by atoms with Crippen LogP contribution in [0, 0.1) is 0 Å². The Labute approximate surface area is 192 Å². The lowest BCUT2D eigenvalue weighted by Crippen LogP contribution is -2.11. The highest BCUT2D eigenvalue weighted by Gasteiger charge is 2.12. The van der Waals surface area contributed by atoms with Gasteiger partial charge in [-0.3, -0.25) is 4.79 Å². The number of nitrogens with zero attached hydrogens (tertiary/aromatic N) is 2. The summed E-state index contributed by atoms with van der Waals surface area (Å²) in [5, 5.41) is 7.04. The van der Waals surface area contributed by atoms with Crippen LogP contribution in [0.15, 0.2) is 73.1 Å². The predicted octanol–water partition coefficient (Wildman–Crippen LogP) is 5.81. The quantitative estimate of drug-likeness (QED) is 0.318. The van der Waals surface area contributed by atoms with Crippen molar-refractivity contribution in [1.29, 1.82) is 0 Å². The number of anilines is 3. The molecule has 1 heterocycles. The van der Waals surface area contributed by atoms with Crippen molar-refractivity contribution in [2.45, 2.75) is 19.8 Å². The Morgan fingerprint density at radius 1 is 0.939 bits per heavy atom. The second kappa shape index (κ2) is 10.5. The van der Waals surface area contributed by atoms with Gasteiger partial charge in [-0.1, -0.05) is 31.5 Å². The van der Waals surface area contributed by atoms with Crippen LogP contribution < -0.4 is 20.1 Å². The third kappa shape index (κ3) is 5.38. The number of ether oxygens (including phenoxy) is 2. The van der Waals surface area contributed by atoms with E-state index in [9.17, 15) is 4.79 Å². The fourth-order valence-corrected chi connectivity index (χ4v) is 3.33. The predicted molar refractivity (Wildman–Crippen MR) is 131 cm³/mol. The number of rotatable bonds is 9. The van der Waals surface area contributed by atoms with Crippen LogP contribution in [0.4, 0.5) is 17.2 Å². The van der Waals surface area contributed by atoms with Gasteiger partial charge < -0.3 is 20.1 Å². The second-order valence-electron chi connectivity index (χ2n) is 7.47. The van der Waals surface area contributed by atoms with Crippen molar-refractivity contribution in [2.75, 3.05) is 24.4 Å². The highest BCUT2D eigenvalue weighted by atomic mass is 16.5. The zero-order chi connectivity index (χ0) is 23.0. The van der Waals surface area contributed by atoms with Crippen LogP contribution in [-0.2, 0) is 0 Å². The van der Waals surface area contributed by atoms with Gasteiger partial charge in [-0.2, -0.15) is 0 Å². The third-order valence-electron chi connectivity index (χ3n) is 5.12. The molecule has 4 rings (SSSR count). The van der Waals surface area contributed by atoms with Gasteiger partial charge in [-0.25, -0.2) is 9.97 Å². The first-order valence-corrected chi connectivity index (χ1v) is 10.9. The zero-order valence-electron chi connectivity index (χ0n) is 18.7. The van der Waals surface area contributed by atoms with E-state index in [1.165, 1.54) is 6.33 Å². The smallest absolute Gasteiger partial charge is 0.255 e. The highest BCUT2D eigenvalue weighted by Crippen LogP contribution is 2.35. The number of hydrogen-bond acceptors (Lipinski definition) is 6.